The van der Waals surface area contributed by atoms with Crippen LogP contribution in [-0.4, -0.2) is 51.8 Å². The lowest BCUT2D eigenvalue weighted by atomic mass is 10.00. The fourth-order valence-electron chi connectivity index (χ4n) is 2.80. The highest BCUT2D eigenvalue weighted by Crippen LogP contribution is 2.18. The first-order chi connectivity index (χ1) is 11.2. The first kappa shape index (κ1) is 15.6. The molecule has 1 atom stereocenters. The fraction of sp³-hybridized carbons (Fsp3) is 0.353. The summed E-state index contributed by atoms with van der Waals surface area (Å²) in [7, 11) is 0. The molecule has 6 heteroatoms. The summed E-state index contributed by atoms with van der Waals surface area (Å²) in [5.74, 6) is -0.318. The number of carbonyl (C=O) groups is 1. The summed E-state index contributed by atoms with van der Waals surface area (Å²) < 4.78 is 0. The third-order valence-electron chi connectivity index (χ3n) is 3.98. The molecule has 0 saturated heterocycles. The predicted molar refractivity (Wildman–Crippen MR) is 85.8 cm³/mol. The zero-order valence-electron chi connectivity index (χ0n) is 12.9. The molecular weight excluding hydrogens is 292 g/mol. The van der Waals surface area contributed by atoms with Crippen LogP contribution >= 0.6 is 0 Å². The van der Waals surface area contributed by atoms with Gasteiger partial charge in [-0.15, -0.1) is 5.10 Å². The van der Waals surface area contributed by atoms with Gasteiger partial charge in [-0.2, -0.15) is 5.10 Å². The monoisotopic (exact) mass is 312 g/mol. The number of benzene rings is 1. The van der Waals surface area contributed by atoms with E-state index in [2.05, 4.69) is 38.6 Å². The molecule has 0 radical (unpaired) electrons. The third kappa shape index (κ3) is 4.12. The molecule has 0 unspecified atom stereocenters. The van der Waals surface area contributed by atoms with Gasteiger partial charge in [0.2, 0.25) is 0 Å². The molecule has 2 heterocycles. The Morgan fingerprint density at radius 1 is 1.26 bits per heavy atom. The van der Waals surface area contributed by atoms with E-state index in [1.165, 1.54) is 17.3 Å². The Morgan fingerprint density at radius 3 is 2.87 bits per heavy atom. The number of amides is 1. The van der Waals surface area contributed by atoms with Crippen molar-refractivity contribution in [3.8, 4) is 0 Å². The van der Waals surface area contributed by atoms with E-state index in [0.717, 1.165) is 19.5 Å². The second-order valence-electron chi connectivity index (χ2n) is 5.73. The van der Waals surface area contributed by atoms with E-state index in [0.29, 0.717) is 6.54 Å². The second-order valence-corrected chi connectivity index (χ2v) is 5.73. The van der Waals surface area contributed by atoms with Gasteiger partial charge in [-0.3, -0.25) is 9.69 Å². The zero-order valence-corrected chi connectivity index (χ0v) is 12.9. The Balaban J connectivity index is 1.47. The molecule has 0 bridgehead atoms. The molecule has 0 aliphatic carbocycles. The molecule has 0 saturated carbocycles. The largest absolute Gasteiger partial charge is 0.390 e. The van der Waals surface area contributed by atoms with E-state index >= 15 is 0 Å². The summed E-state index contributed by atoms with van der Waals surface area (Å²) in [6.07, 6.45) is 1.90. The minimum absolute atomic E-state index is 0.202. The van der Waals surface area contributed by atoms with Crippen molar-refractivity contribution in [2.75, 3.05) is 19.6 Å². The lowest BCUT2D eigenvalue weighted by molar-refractivity contribution is 0.0837. The molecule has 2 aromatic rings. The van der Waals surface area contributed by atoms with Crippen LogP contribution in [0.1, 0.15) is 21.6 Å². The molecule has 23 heavy (non-hydrogen) atoms. The Hall–Kier alpha value is -2.31. The van der Waals surface area contributed by atoms with Gasteiger partial charge < -0.3 is 10.4 Å². The molecule has 120 valence electrons. The van der Waals surface area contributed by atoms with Crippen molar-refractivity contribution in [3.63, 3.8) is 0 Å². The average molecular weight is 312 g/mol. The molecule has 1 aliphatic rings. The summed E-state index contributed by atoms with van der Waals surface area (Å²) in [4.78, 5) is 14.1. The number of β-amino-alcohol motifs (C(OH)–C–C–N with tert-alkyl or cyclic N) is 1. The summed E-state index contributed by atoms with van der Waals surface area (Å²) in [5.41, 5.74) is 2.95. The highest BCUT2D eigenvalue weighted by Gasteiger charge is 2.19. The van der Waals surface area contributed by atoms with Gasteiger partial charge >= 0.3 is 0 Å². The number of carbonyl (C=O) groups excluding carboxylic acids is 1. The molecule has 0 spiro atoms. The lowest BCUT2D eigenvalue weighted by Gasteiger charge is -2.30. The summed E-state index contributed by atoms with van der Waals surface area (Å²) in [6.45, 7) is 2.50. The Kier molecular flexibility index (Phi) is 4.95. The van der Waals surface area contributed by atoms with Crippen molar-refractivity contribution in [1.82, 2.24) is 20.4 Å². The molecule has 0 fully saturated rings. The normalized spacial score (nSPS) is 15.7. The van der Waals surface area contributed by atoms with E-state index in [4.69, 9.17) is 0 Å². The maximum Gasteiger partial charge on any atom is 0.271 e. The molecule has 6 nitrogen and oxygen atoms in total. The van der Waals surface area contributed by atoms with E-state index in [-0.39, 0.29) is 18.1 Å². The van der Waals surface area contributed by atoms with Crippen LogP contribution in [0.25, 0.3) is 0 Å². The Labute approximate surface area is 135 Å². The van der Waals surface area contributed by atoms with Crippen LogP contribution in [0.3, 0.4) is 0 Å². The van der Waals surface area contributed by atoms with Crippen LogP contribution in [0.4, 0.5) is 0 Å². The number of aromatic nitrogens is 2. The number of hydrogen-bond donors (Lipinski definition) is 2. The van der Waals surface area contributed by atoms with Gasteiger partial charge in [-0.05, 0) is 29.7 Å². The van der Waals surface area contributed by atoms with Gasteiger partial charge in [0.15, 0.2) is 5.69 Å². The molecule has 1 aromatic carbocycles. The van der Waals surface area contributed by atoms with Gasteiger partial charge in [0.25, 0.3) is 5.91 Å². The van der Waals surface area contributed by atoms with Gasteiger partial charge in [0.1, 0.15) is 0 Å². The number of nitrogens with one attached hydrogen (secondary N) is 1. The highest BCUT2D eigenvalue weighted by molar-refractivity contribution is 5.91. The summed E-state index contributed by atoms with van der Waals surface area (Å²) in [5, 5.41) is 20.3. The number of aliphatic hydroxyl groups excluding tert-OH is 1. The predicted octanol–water partition coefficient (Wildman–Crippen LogP) is 0.626. The number of aliphatic hydroxyl groups is 1. The SMILES string of the molecule is O=C(NC[C@@H](O)CN1CCc2ccccc2C1)c1cccnn1. The first-order valence-electron chi connectivity index (χ1n) is 7.75. The van der Waals surface area contributed by atoms with E-state index < -0.39 is 6.10 Å². The summed E-state index contributed by atoms with van der Waals surface area (Å²) in [6, 6.07) is 11.6. The van der Waals surface area contributed by atoms with Crippen LogP contribution in [0.5, 0.6) is 0 Å². The Morgan fingerprint density at radius 2 is 2.09 bits per heavy atom. The van der Waals surface area contributed by atoms with Crippen molar-refractivity contribution < 1.29 is 9.90 Å². The number of nitrogens with zero attached hydrogens (tertiary/aromatic N) is 3. The van der Waals surface area contributed by atoms with Crippen molar-refractivity contribution in [2.24, 2.45) is 0 Å². The fourth-order valence-corrected chi connectivity index (χ4v) is 2.80. The first-order valence-corrected chi connectivity index (χ1v) is 7.75. The highest BCUT2D eigenvalue weighted by atomic mass is 16.3. The van der Waals surface area contributed by atoms with Gasteiger partial charge in [0, 0.05) is 32.4 Å². The molecule has 3 rings (SSSR count). The average Bonchev–Trinajstić information content (AvgIpc) is 2.60. The maximum atomic E-state index is 11.9. The van der Waals surface area contributed by atoms with Crippen LogP contribution < -0.4 is 5.32 Å². The third-order valence-corrected chi connectivity index (χ3v) is 3.98. The zero-order chi connectivity index (χ0) is 16.1. The number of rotatable bonds is 5. The quantitative estimate of drug-likeness (QED) is 0.846. The van der Waals surface area contributed by atoms with Crippen LogP contribution in [0.2, 0.25) is 0 Å². The minimum Gasteiger partial charge on any atom is -0.390 e. The van der Waals surface area contributed by atoms with Gasteiger partial charge in [-0.25, -0.2) is 0 Å². The maximum absolute atomic E-state index is 11.9. The summed E-state index contributed by atoms with van der Waals surface area (Å²) >= 11 is 0. The van der Waals surface area contributed by atoms with Crippen LogP contribution in [0, 0.1) is 0 Å². The van der Waals surface area contributed by atoms with Crippen LogP contribution in [-0.2, 0) is 13.0 Å². The molecule has 1 aliphatic heterocycles. The topological polar surface area (TPSA) is 78.4 Å². The van der Waals surface area contributed by atoms with E-state index in [1.54, 1.807) is 12.1 Å². The van der Waals surface area contributed by atoms with Crippen molar-refractivity contribution >= 4 is 5.91 Å². The van der Waals surface area contributed by atoms with Crippen LogP contribution in [0.15, 0.2) is 42.6 Å². The van der Waals surface area contributed by atoms with Crippen molar-refractivity contribution in [1.29, 1.82) is 0 Å². The van der Waals surface area contributed by atoms with Gasteiger partial charge in [0.05, 0.1) is 6.10 Å². The minimum atomic E-state index is -0.610. The number of fused-ring (bicyclic) bond motifs is 1. The Bertz CT molecular complexity index is 663. The van der Waals surface area contributed by atoms with Crippen molar-refractivity contribution in [3.05, 3.63) is 59.4 Å². The van der Waals surface area contributed by atoms with Gasteiger partial charge in [-0.1, -0.05) is 24.3 Å². The molecular formula is C17H20N4O2. The van der Waals surface area contributed by atoms with E-state index in [9.17, 15) is 9.90 Å². The second kappa shape index (κ2) is 7.30. The standard InChI is InChI=1S/C17H20N4O2/c22-15(10-18-17(23)16-6-3-8-19-20-16)12-21-9-7-13-4-1-2-5-14(13)11-21/h1-6,8,15,22H,7,9-12H2,(H,18,23)/t15-/m1/s1. The lowest BCUT2D eigenvalue weighted by Crippen LogP contribution is -2.42. The number of hydrogen-bond acceptors (Lipinski definition) is 5. The van der Waals surface area contributed by atoms with E-state index in [1.807, 2.05) is 6.07 Å². The molecule has 2 N–H and O–H groups in total. The molecule has 1 aromatic heterocycles. The molecule has 1 amide bonds. The van der Waals surface area contributed by atoms with Crippen molar-refractivity contribution in [2.45, 2.75) is 19.1 Å². The smallest absolute Gasteiger partial charge is 0.271 e.